The lowest BCUT2D eigenvalue weighted by Crippen LogP contribution is -2.22. The predicted molar refractivity (Wildman–Crippen MR) is 71.1 cm³/mol. The molecule has 0 amide bonds. The molecule has 1 aliphatic heterocycles. The van der Waals surface area contributed by atoms with E-state index in [1.807, 2.05) is 48.0 Å². The second-order valence-corrected chi connectivity index (χ2v) is 4.62. The van der Waals surface area contributed by atoms with Gasteiger partial charge in [-0.1, -0.05) is 37.3 Å². The molecule has 2 aromatic rings. The first kappa shape index (κ1) is 12.1. The molecule has 19 heavy (non-hydrogen) atoms. The van der Waals surface area contributed by atoms with Crippen LogP contribution in [0, 0.1) is 0 Å². The average molecular weight is 256 g/mol. The summed E-state index contributed by atoms with van der Waals surface area (Å²) in [6, 6.07) is 11.9. The molecule has 0 aliphatic carbocycles. The molecule has 1 atom stereocenters. The Hall–Kier alpha value is -1.94. The first-order valence-corrected chi connectivity index (χ1v) is 6.57. The highest BCUT2D eigenvalue weighted by atomic mass is 16.5. The smallest absolute Gasteiger partial charge is 0.182 e. The maximum Gasteiger partial charge on any atom is 0.182 e. The normalized spacial score (nSPS) is 18.1. The fraction of sp³-hybridized carbons (Fsp3) is 0.333. The fourth-order valence-corrected chi connectivity index (χ4v) is 2.38. The molecule has 0 spiro atoms. The van der Waals surface area contributed by atoms with Crippen LogP contribution >= 0.6 is 0 Å². The molecule has 0 N–H and O–H groups in total. The summed E-state index contributed by atoms with van der Waals surface area (Å²) in [5.74, 6) is 0.0775. The number of benzene rings is 1. The van der Waals surface area contributed by atoms with E-state index in [2.05, 4.69) is 5.10 Å². The second kappa shape index (κ2) is 4.97. The molecule has 1 aliphatic rings. The first-order chi connectivity index (χ1) is 9.29. The van der Waals surface area contributed by atoms with E-state index in [1.165, 1.54) is 0 Å². The van der Waals surface area contributed by atoms with E-state index in [1.54, 1.807) is 0 Å². The van der Waals surface area contributed by atoms with Crippen LogP contribution in [0.2, 0.25) is 0 Å². The van der Waals surface area contributed by atoms with Gasteiger partial charge in [0, 0.05) is 6.42 Å². The lowest BCUT2D eigenvalue weighted by molar-refractivity contribution is 0.0421. The Morgan fingerprint density at radius 3 is 2.95 bits per heavy atom. The van der Waals surface area contributed by atoms with E-state index in [-0.39, 0.29) is 11.9 Å². The minimum atomic E-state index is -0.124. The van der Waals surface area contributed by atoms with Crippen molar-refractivity contribution in [3.05, 3.63) is 53.3 Å². The Labute approximate surface area is 112 Å². The highest BCUT2D eigenvalue weighted by Crippen LogP contribution is 2.29. The number of carbonyl (C=O) groups excluding carboxylic acids is 1. The summed E-state index contributed by atoms with van der Waals surface area (Å²) in [5.41, 5.74) is 2.61. The lowest BCUT2D eigenvalue weighted by atomic mass is 10.0. The topological polar surface area (TPSA) is 44.1 Å². The minimum Gasteiger partial charge on any atom is -0.365 e. The summed E-state index contributed by atoms with van der Waals surface area (Å²) >= 11 is 0. The van der Waals surface area contributed by atoms with Crippen molar-refractivity contribution in [2.45, 2.75) is 26.0 Å². The quantitative estimate of drug-likeness (QED) is 0.793. The van der Waals surface area contributed by atoms with Crippen LogP contribution in [0.1, 0.15) is 41.2 Å². The number of carbonyl (C=O) groups is 1. The molecule has 4 nitrogen and oxygen atoms in total. The molecule has 1 unspecified atom stereocenters. The van der Waals surface area contributed by atoms with Gasteiger partial charge in [-0.2, -0.15) is 5.10 Å². The van der Waals surface area contributed by atoms with Gasteiger partial charge in [0.05, 0.1) is 18.8 Å². The van der Waals surface area contributed by atoms with Crippen LogP contribution in [0.5, 0.6) is 0 Å². The largest absolute Gasteiger partial charge is 0.365 e. The summed E-state index contributed by atoms with van der Waals surface area (Å²) in [6.45, 7) is 3.18. The third-order valence-corrected chi connectivity index (χ3v) is 3.38. The standard InChI is InChI=1S/C15H16N2O2/c1-2-14(18)12-10-13-15(11-6-4-3-5-7-11)19-9-8-17(13)16-12/h3-7,10,15H,2,8-9H2,1H3. The van der Waals surface area contributed by atoms with Crippen molar-refractivity contribution >= 4 is 5.78 Å². The van der Waals surface area contributed by atoms with E-state index in [0.717, 1.165) is 11.3 Å². The van der Waals surface area contributed by atoms with Crippen molar-refractivity contribution < 1.29 is 9.53 Å². The SMILES string of the molecule is CCC(=O)c1cc2n(n1)CCOC2c1ccccc1. The maximum absolute atomic E-state index is 11.8. The Morgan fingerprint density at radius 2 is 2.21 bits per heavy atom. The molecule has 4 heteroatoms. The van der Waals surface area contributed by atoms with E-state index >= 15 is 0 Å². The van der Waals surface area contributed by atoms with Crippen LogP contribution in [0.15, 0.2) is 36.4 Å². The number of aromatic nitrogens is 2. The average Bonchev–Trinajstić information content (AvgIpc) is 2.91. The highest BCUT2D eigenvalue weighted by Gasteiger charge is 2.25. The van der Waals surface area contributed by atoms with Crippen molar-refractivity contribution in [2.75, 3.05) is 6.61 Å². The Morgan fingerprint density at radius 1 is 1.42 bits per heavy atom. The van der Waals surface area contributed by atoms with E-state index in [4.69, 9.17) is 4.74 Å². The molecular formula is C15H16N2O2. The van der Waals surface area contributed by atoms with Gasteiger partial charge in [-0.3, -0.25) is 9.48 Å². The number of fused-ring (bicyclic) bond motifs is 1. The highest BCUT2D eigenvalue weighted by molar-refractivity contribution is 5.94. The number of ether oxygens (including phenoxy) is 1. The molecule has 1 aromatic carbocycles. The monoisotopic (exact) mass is 256 g/mol. The fourth-order valence-electron chi connectivity index (χ4n) is 2.38. The van der Waals surface area contributed by atoms with Crippen LogP contribution < -0.4 is 0 Å². The molecular weight excluding hydrogens is 240 g/mol. The molecule has 0 bridgehead atoms. The Balaban J connectivity index is 2.00. The van der Waals surface area contributed by atoms with E-state index in [9.17, 15) is 4.79 Å². The predicted octanol–water partition coefficient (Wildman–Crippen LogP) is 2.60. The van der Waals surface area contributed by atoms with Gasteiger partial charge in [-0.15, -0.1) is 0 Å². The van der Waals surface area contributed by atoms with E-state index in [0.29, 0.717) is 25.3 Å². The molecule has 1 aromatic heterocycles. The van der Waals surface area contributed by atoms with Crippen LogP contribution in [0.3, 0.4) is 0 Å². The zero-order valence-corrected chi connectivity index (χ0v) is 10.9. The Kier molecular flexibility index (Phi) is 3.17. The van der Waals surface area contributed by atoms with Crippen LogP contribution in [-0.4, -0.2) is 22.2 Å². The van der Waals surface area contributed by atoms with Crippen LogP contribution in [0.4, 0.5) is 0 Å². The second-order valence-electron chi connectivity index (χ2n) is 4.62. The van der Waals surface area contributed by atoms with Crippen molar-refractivity contribution in [1.82, 2.24) is 9.78 Å². The molecule has 3 rings (SSSR count). The third-order valence-electron chi connectivity index (χ3n) is 3.38. The van der Waals surface area contributed by atoms with Gasteiger partial charge in [-0.05, 0) is 11.6 Å². The van der Waals surface area contributed by atoms with Crippen molar-refractivity contribution in [3.63, 3.8) is 0 Å². The van der Waals surface area contributed by atoms with E-state index < -0.39 is 0 Å². The molecule has 98 valence electrons. The number of Topliss-reactive ketones (excluding diaryl/α,β-unsaturated/α-hetero) is 1. The first-order valence-electron chi connectivity index (χ1n) is 6.57. The molecule has 2 heterocycles. The summed E-state index contributed by atoms with van der Waals surface area (Å²) in [5, 5.41) is 4.38. The lowest BCUT2D eigenvalue weighted by Gasteiger charge is -2.24. The summed E-state index contributed by atoms with van der Waals surface area (Å²) in [4.78, 5) is 11.8. The van der Waals surface area contributed by atoms with Crippen molar-refractivity contribution in [1.29, 1.82) is 0 Å². The van der Waals surface area contributed by atoms with Gasteiger partial charge in [-0.25, -0.2) is 0 Å². The molecule has 0 saturated carbocycles. The molecule has 0 radical (unpaired) electrons. The van der Waals surface area contributed by atoms with Gasteiger partial charge in [0.15, 0.2) is 5.78 Å². The molecule has 0 saturated heterocycles. The number of ketones is 1. The van der Waals surface area contributed by atoms with Crippen molar-refractivity contribution in [2.24, 2.45) is 0 Å². The van der Waals surface area contributed by atoms with Gasteiger partial charge in [0.25, 0.3) is 0 Å². The van der Waals surface area contributed by atoms with Gasteiger partial charge in [0.2, 0.25) is 0 Å². The molecule has 0 fully saturated rings. The Bertz CT molecular complexity index is 589. The maximum atomic E-state index is 11.8. The number of hydrogen-bond donors (Lipinski definition) is 0. The summed E-state index contributed by atoms with van der Waals surface area (Å²) in [7, 11) is 0. The summed E-state index contributed by atoms with van der Waals surface area (Å²) in [6.07, 6.45) is 0.355. The minimum absolute atomic E-state index is 0.0775. The number of hydrogen-bond acceptors (Lipinski definition) is 3. The van der Waals surface area contributed by atoms with Crippen LogP contribution in [0.25, 0.3) is 0 Å². The summed E-state index contributed by atoms with van der Waals surface area (Å²) < 4.78 is 7.74. The van der Waals surface area contributed by atoms with Gasteiger partial charge < -0.3 is 4.74 Å². The van der Waals surface area contributed by atoms with Gasteiger partial charge in [0.1, 0.15) is 11.8 Å². The van der Waals surface area contributed by atoms with Gasteiger partial charge >= 0.3 is 0 Å². The zero-order valence-electron chi connectivity index (χ0n) is 10.9. The number of nitrogens with zero attached hydrogens (tertiary/aromatic N) is 2. The van der Waals surface area contributed by atoms with Crippen molar-refractivity contribution in [3.8, 4) is 0 Å². The zero-order chi connectivity index (χ0) is 13.2. The number of rotatable bonds is 3. The van der Waals surface area contributed by atoms with Crippen LogP contribution in [-0.2, 0) is 11.3 Å². The third kappa shape index (κ3) is 2.19.